The maximum Gasteiger partial charge on any atom is 0.0314 e. The van der Waals surface area contributed by atoms with E-state index in [2.05, 4.69) is 18.0 Å². The van der Waals surface area contributed by atoms with Crippen LogP contribution in [0.4, 0.5) is 0 Å². The first-order valence-electron chi connectivity index (χ1n) is 3.83. The zero-order chi connectivity index (χ0) is 8.27. The van der Waals surface area contributed by atoms with E-state index in [9.17, 15) is 0 Å². The van der Waals surface area contributed by atoms with Gasteiger partial charge < -0.3 is 5.73 Å². The Kier molecular flexibility index (Phi) is 2.60. The lowest BCUT2D eigenvalue weighted by Gasteiger charge is -1.99. The normalized spacial score (nSPS) is 18.3. The summed E-state index contributed by atoms with van der Waals surface area (Å²) in [6.45, 7) is 4.69. The molecule has 0 saturated heterocycles. The molecule has 0 aromatic carbocycles. The van der Waals surface area contributed by atoms with Gasteiger partial charge in [-0.15, -0.1) is 0 Å². The van der Waals surface area contributed by atoms with E-state index >= 15 is 0 Å². The van der Waals surface area contributed by atoms with Gasteiger partial charge in [-0.3, -0.25) is 4.99 Å². The lowest BCUT2D eigenvalue weighted by atomic mass is 10.1. The van der Waals surface area contributed by atoms with Gasteiger partial charge >= 0.3 is 0 Å². The van der Waals surface area contributed by atoms with Crippen LogP contribution in [0.15, 0.2) is 28.4 Å². The molecule has 1 heterocycles. The van der Waals surface area contributed by atoms with Crippen LogP contribution in [0.25, 0.3) is 0 Å². The van der Waals surface area contributed by atoms with Crippen LogP contribution in [0.3, 0.4) is 0 Å². The van der Waals surface area contributed by atoms with Crippen molar-refractivity contribution in [2.24, 2.45) is 10.7 Å². The van der Waals surface area contributed by atoms with Crippen LogP contribution in [0.1, 0.15) is 20.3 Å². The van der Waals surface area contributed by atoms with Gasteiger partial charge in [0.05, 0.1) is 0 Å². The van der Waals surface area contributed by atoms with Gasteiger partial charge in [-0.2, -0.15) is 0 Å². The molecule has 1 aliphatic rings. The molecule has 0 aromatic rings. The van der Waals surface area contributed by atoms with Gasteiger partial charge in [0.1, 0.15) is 0 Å². The molecule has 11 heavy (non-hydrogen) atoms. The summed E-state index contributed by atoms with van der Waals surface area (Å²) >= 11 is 0. The Morgan fingerprint density at radius 2 is 2.27 bits per heavy atom. The second-order valence-corrected chi connectivity index (χ2v) is 2.81. The Bertz CT molecular complexity index is 234. The molecule has 60 valence electrons. The topological polar surface area (TPSA) is 38.4 Å². The standard InChI is InChI=1S/C9H14N2/c1-7-3-4-8(2)11-6-9(7)5-10/h3,6H,4-5,10H2,1-2H3. The van der Waals surface area contributed by atoms with E-state index in [0.717, 1.165) is 17.7 Å². The molecule has 0 spiro atoms. The molecule has 0 atom stereocenters. The number of allylic oxidation sites excluding steroid dienone is 1. The minimum absolute atomic E-state index is 0.582. The summed E-state index contributed by atoms with van der Waals surface area (Å²) in [6, 6.07) is 0. The molecule has 2 nitrogen and oxygen atoms in total. The number of hydrogen-bond donors (Lipinski definition) is 1. The van der Waals surface area contributed by atoms with E-state index in [1.54, 1.807) is 0 Å². The van der Waals surface area contributed by atoms with E-state index < -0.39 is 0 Å². The SMILES string of the molecule is CC1=CCC(C)=NC=C1CN. The largest absolute Gasteiger partial charge is 0.326 e. The third-order valence-corrected chi connectivity index (χ3v) is 1.87. The molecule has 2 N–H and O–H groups in total. The molecule has 0 unspecified atom stereocenters. The average molecular weight is 150 g/mol. The van der Waals surface area contributed by atoms with Crippen LogP contribution in [0.2, 0.25) is 0 Å². The second-order valence-electron chi connectivity index (χ2n) is 2.81. The fourth-order valence-corrected chi connectivity index (χ4v) is 0.988. The molecule has 0 saturated carbocycles. The van der Waals surface area contributed by atoms with Gasteiger partial charge in [0.25, 0.3) is 0 Å². The Labute approximate surface area is 67.5 Å². The smallest absolute Gasteiger partial charge is 0.0314 e. The van der Waals surface area contributed by atoms with E-state index in [4.69, 9.17) is 5.73 Å². The third-order valence-electron chi connectivity index (χ3n) is 1.87. The van der Waals surface area contributed by atoms with Crippen molar-refractivity contribution in [1.29, 1.82) is 0 Å². The van der Waals surface area contributed by atoms with E-state index in [1.807, 2.05) is 13.1 Å². The molecule has 0 aliphatic carbocycles. The second kappa shape index (κ2) is 3.49. The maximum absolute atomic E-state index is 5.53. The molecule has 2 heteroatoms. The average Bonchev–Trinajstić information content (AvgIpc) is 2.15. The van der Waals surface area contributed by atoms with Crippen molar-refractivity contribution in [3.05, 3.63) is 23.4 Å². The summed E-state index contributed by atoms with van der Waals surface area (Å²) in [5.74, 6) is 0. The van der Waals surface area contributed by atoms with E-state index in [1.165, 1.54) is 5.57 Å². The van der Waals surface area contributed by atoms with Crippen LogP contribution in [-0.4, -0.2) is 12.3 Å². The van der Waals surface area contributed by atoms with Crippen LogP contribution < -0.4 is 5.73 Å². The number of rotatable bonds is 1. The fraction of sp³-hybridized carbons (Fsp3) is 0.444. The van der Waals surface area contributed by atoms with Crippen LogP contribution in [0.5, 0.6) is 0 Å². The van der Waals surface area contributed by atoms with Crippen LogP contribution >= 0.6 is 0 Å². The maximum atomic E-state index is 5.53. The summed E-state index contributed by atoms with van der Waals surface area (Å²) in [4.78, 5) is 4.25. The lowest BCUT2D eigenvalue weighted by molar-refractivity contribution is 1.13. The highest BCUT2D eigenvalue weighted by molar-refractivity contribution is 5.84. The zero-order valence-electron chi connectivity index (χ0n) is 7.09. The quantitative estimate of drug-likeness (QED) is 0.606. The number of nitrogens with two attached hydrogens (primary N) is 1. The monoisotopic (exact) mass is 150 g/mol. The minimum Gasteiger partial charge on any atom is -0.326 e. The Hall–Kier alpha value is -0.890. The van der Waals surface area contributed by atoms with Gasteiger partial charge in [-0.25, -0.2) is 0 Å². The summed E-state index contributed by atoms with van der Waals surface area (Å²) in [5.41, 5.74) is 9.07. The molecule has 1 rings (SSSR count). The summed E-state index contributed by atoms with van der Waals surface area (Å²) in [7, 11) is 0. The third kappa shape index (κ3) is 2.02. The lowest BCUT2D eigenvalue weighted by Crippen LogP contribution is -2.03. The van der Waals surface area contributed by atoms with Crippen molar-refractivity contribution in [2.45, 2.75) is 20.3 Å². The van der Waals surface area contributed by atoms with E-state index in [-0.39, 0.29) is 0 Å². The van der Waals surface area contributed by atoms with E-state index in [0.29, 0.717) is 6.54 Å². The highest BCUT2D eigenvalue weighted by Crippen LogP contribution is 2.12. The van der Waals surface area contributed by atoms with Gasteiger partial charge in [0, 0.05) is 24.9 Å². The fourth-order valence-electron chi connectivity index (χ4n) is 0.988. The highest BCUT2D eigenvalue weighted by Gasteiger charge is 2.00. The van der Waals surface area contributed by atoms with Gasteiger partial charge in [0.15, 0.2) is 0 Å². The van der Waals surface area contributed by atoms with Gasteiger partial charge in [-0.05, 0) is 25.0 Å². The number of hydrogen-bond acceptors (Lipinski definition) is 2. The molecule has 0 amide bonds. The molecular weight excluding hydrogens is 136 g/mol. The molecule has 0 bridgehead atoms. The zero-order valence-corrected chi connectivity index (χ0v) is 7.09. The number of aliphatic imine (C=N–C) groups is 1. The molecule has 1 aliphatic heterocycles. The van der Waals surface area contributed by atoms with Gasteiger partial charge in [-0.1, -0.05) is 6.08 Å². The Balaban J connectivity index is 2.89. The Morgan fingerprint density at radius 1 is 1.55 bits per heavy atom. The first-order chi connectivity index (χ1) is 5.24. The summed E-state index contributed by atoms with van der Waals surface area (Å²) in [5, 5.41) is 0. The predicted octanol–water partition coefficient (Wildman–Crippen LogP) is 1.64. The summed E-state index contributed by atoms with van der Waals surface area (Å²) < 4.78 is 0. The highest BCUT2D eigenvalue weighted by atomic mass is 14.7. The minimum atomic E-state index is 0.582. The Morgan fingerprint density at radius 3 is 2.91 bits per heavy atom. The first kappa shape index (κ1) is 8.21. The van der Waals surface area contributed by atoms with Crippen molar-refractivity contribution < 1.29 is 0 Å². The van der Waals surface area contributed by atoms with Crippen molar-refractivity contribution in [3.8, 4) is 0 Å². The summed E-state index contributed by atoms with van der Waals surface area (Å²) in [6.07, 6.45) is 4.99. The van der Waals surface area contributed by atoms with Crippen molar-refractivity contribution in [1.82, 2.24) is 0 Å². The van der Waals surface area contributed by atoms with Crippen LogP contribution in [-0.2, 0) is 0 Å². The van der Waals surface area contributed by atoms with Gasteiger partial charge in [0.2, 0.25) is 0 Å². The van der Waals surface area contributed by atoms with Crippen molar-refractivity contribution in [3.63, 3.8) is 0 Å². The molecule has 0 radical (unpaired) electrons. The molecule has 0 aromatic heterocycles. The first-order valence-corrected chi connectivity index (χ1v) is 3.83. The number of nitrogens with zero attached hydrogens (tertiary/aromatic N) is 1. The molecule has 0 fully saturated rings. The predicted molar refractivity (Wildman–Crippen MR) is 48.6 cm³/mol. The van der Waals surface area contributed by atoms with Crippen LogP contribution in [0, 0.1) is 0 Å². The molecular formula is C9H14N2. The van der Waals surface area contributed by atoms with Crippen molar-refractivity contribution >= 4 is 5.71 Å². The van der Waals surface area contributed by atoms with Crippen molar-refractivity contribution in [2.75, 3.05) is 6.54 Å².